The van der Waals surface area contributed by atoms with E-state index in [-0.39, 0.29) is 0 Å². The summed E-state index contributed by atoms with van der Waals surface area (Å²) >= 11 is 0. The highest BCUT2D eigenvalue weighted by Gasteiger charge is 2.16. The molecule has 2 aromatic heterocycles. The largest absolute Gasteiger partial charge is 0.310 e. The van der Waals surface area contributed by atoms with Crippen LogP contribution >= 0.6 is 0 Å². The lowest BCUT2D eigenvalue weighted by atomic mass is 9.87. The van der Waals surface area contributed by atoms with E-state index < -0.39 is 0 Å². The second-order valence-corrected chi connectivity index (χ2v) is 15.1. The van der Waals surface area contributed by atoms with Gasteiger partial charge in [0.05, 0.1) is 22.1 Å². The van der Waals surface area contributed by atoms with Gasteiger partial charge in [0.15, 0.2) is 0 Å². The molecule has 2 aliphatic carbocycles. The minimum Gasteiger partial charge on any atom is -0.310 e. The van der Waals surface area contributed by atoms with Crippen molar-refractivity contribution < 1.29 is 0 Å². The van der Waals surface area contributed by atoms with Gasteiger partial charge in [-0.2, -0.15) is 0 Å². The lowest BCUT2D eigenvalue weighted by molar-refractivity contribution is 0.873. The molecule has 2 aliphatic rings. The number of rotatable bonds is 9. The molecule has 0 aliphatic heterocycles. The quantitative estimate of drug-likeness (QED) is 0.131. The van der Waals surface area contributed by atoms with Crippen molar-refractivity contribution in [3.63, 3.8) is 0 Å². The fourth-order valence-corrected chi connectivity index (χ4v) is 8.44. The van der Waals surface area contributed by atoms with E-state index in [1.807, 2.05) is 0 Å². The van der Waals surface area contributed by atoms with E-state index in [1.54, 1.807) is 0 Å². The van der Waals surface area contributed by atoms with Gasteiger partial charge in [0, 0.05) is 32.9 Å². The Morgan fingerprint density at radius 3 is 1.91 bits per heavy atom. The number of hydrogen-bond acceptors (Lipinski definition) is 0. The number of para-hydroxylation sites is 3. The molecular weight excluding hydrogens is 677 g/mol. The van der Waals surface area contributed by atoms with Crippen molar-refractivity contribution >= 4 is 49.3 Å². The minimum absolute atomic E-state index is 0.901. The summed E-state index contributed by atoms with van der Waals surface area (Å²) in [7, 11) is 0. The maximum Gasteiger partial charge on any atom is 0.0541 e. The molecule has 9 rings (SSSR count). The summed E-state index contributed by atoms with van der Waals surface area (Å²) in [4.78, 5) is 0. The van der Waals surface area contributed by atoms with E-state index in [1.165, 1.54) is 71.7 Å². The molecule has 7 aromatic rings. The first kappa shape index (κ1) is 35.1. The van der Waals surface area contributed by atoms with E-state index in [2.05, 4.69) is 206 Å². The van der Waals surface area contributed by atoms with E-state index >= 15 is 0 Å². The molecule has 0 spiro atoms. The molecule has 0 saturated carbocycles. The van der Waals surface area contributed by atoms with E-state index in [9.17, 15) is 0 Å². The molecule has 0 N–H and O–H groups in total. The Balaban J connectivity index is 0.990. The second kappa shape index (κ2) is 14.9. The Labute approximate surface area is 330 Å². The van der Waals surface area contributed by atoms with Crippen LogP contribution in [0.3, 0.4) is 0 Å². The third-order valence-corrected chi connectivity index (χ3v) is 11.6. The number of nitrogens with zero attached hydrogens (tertiary/aromatic N) is 2. The van der Waals surface area contributed by atoms with Crippen LogP contribution in [0.25, 0.3) is 66.1 Å². The van der Waals surface area contributed by atoms with Gasteiger partial charge in [-0.3, -0.25) is 0 Å². The highest BCUT2D eigenvalue weighted by atomic mass is 15.0. The van der Waals surface area contributed by atoms with Crippen molar-refractivity contribution in [3.05, 3.63) is 217 Å². The maximum absolute atomic E-state index is 4.56. The number of allylic oxidation sites excluding steroid dienone is 16. The lowest BCUT2D eigenvalue weighted by Gasteiger charge is -2.18. The molecular formula is C54H46N2. The van der Waals surface area contributed by atoms with Crippen molar-refractivity contribution in [3.8, 4) is 16.8 Å². The summed E-state index contributed by atoms with van der Waals surface area (Å²) in [5, 5.41) is 4.93. The Kier molecular flexibility index (Phi) is 9.33. The van der Waals surface area contributed by atoms with Crippen molar-refractivity contribution in [1.29, 1.82) is 0 Å². The van der Waals surface area contributed by atoms with Crippen LogP contribution < -0.4 is 0 Å². The SMILES string of the molecule is C=C(/C=C\C(=C)n1c2ccccc2c2cc(-c3ccc4c(c3)c3ccccc3n4-c3ccccc3)ccc21)/C(C)=C/C=C(\C)C1=CC=C(C2=CC=CCC2)CC1. The Bertz CT molecular complexity index is 2940. The predicted octanol–water partition coefficient (Wildman–Crippen LogP) is 15.0. The molecule has 0 bridgehead atoms. The Morgan fingerprint density at radius 1 is 0.571 bits per heavy atom. The smallest absolute Gasteiger partial charge is 0.0541 e. The van der Waals surface area contributed by atoms with Crippen LogP contribution in [0, 0.1) is 0 Å². The molecule has 0 fully saturated rings. The first-order chi connectivity index (χ1) is 27.4. The van der Waals surface area contributed by atoms with Gasteiger partial charge in [0.1, 0.15) is 0 Å². The number of aromatic nitrogens is 2. The highest BCUT2D eigenvalue weighted by molar-refractivity contribution is 6.13. The van der Waals surface area contributed by atoms with Crippen molar-refractivity contribution in [2.75, 3.05) is 0 Å². The highest BCUT2D eigenvalue weighted by Crippen LogP contribution is 2.38. The van der Waals surface area contributed by atoms with Crippen molar-refractivity contribution in [2.24, 2.45) is 0 Å². The molecule has 272 valence electrons. The molecule has 5 aromatic carbocycles. The van der Waals surface area contributed by atoms with Crippen LogP contribution in [0.5, 0.6) is 0 Å². The normalized spacial score (nSPS) is 15.2. The van der Waals surface area contributed by atoms with Crippen molar-refractivity contribution in [1.82, 2.24) is 9.13 Å². The summed E-state index contributed by atoms with van der Waals surface area (Å²) in [6.45, 7) is 13.3. The summed E-state index contributed by atoms with van der Waals surface area (Å²) < 4.78 is 4.64. The Morgan fingerprint density at radius 2 is 1.20 bits per heavy atom. The topological polar surface area (TPSA) is 9.86 Å². The maximum atomic E-state index is 4.56. The van der Waals surface area contributed by atoms with E-state index in [0.29, 0.717) is 0 Å². The van der Waals surface area contributed by atoms with Crippen LogP contribution in [-0.4, -0.2) is 9.13 Å². The van der Waals surface area contributed by atoms with Crippen LogP contribution in [-0.2, 0) is 0 Å². The van der Waals surface area contributed by atoms with Crippen LogP contribution in [0.4, 0.5) is 0 Å². The second-order valence-electron chi connectivity index (χ2n) is 15.1. The molecule has 2 nitrogen and oxygen atoms in total. The van der Waals surface area contributed by atoms with E-state index in [4.69, 9.17) is 0 Å². The zero-order valence-electron chi connectivity index (χ0n) is 32.3. The summed E-state index contributed by atoms with van der Waals surface area (Å²) in [6, 6.07) is 41.7. The van der Waals surface area contributed by atoms with Gasteiger partial charge in [-0.1, -0.05) is 128 Å². The first-order valence-corrected chi connectivity index (χ1v) is 19.7. The standard InChI is InChI=1S/C54H46N2/c1-37(23-24-39(3)41-27-29-43(30-28-41)42-15-7-5-8-16-42)38(2)25-26-40(4)55-51-21-13-11-19-47(51)49-35-44(31-33-53(49)55)45-32-34-54-50(36-45)48-20-12-14-22-52(48)56(54)46-17-9-6-10-18-46/h5-7,9-15,17-27,29,31-36H,2,4,8,16,28,30H2,1,3H3/b26-25-,37-23+,39-24+. The fraction of sp³-hybridized carbons (Fsp3) is 0.111. The predicted molar refractivity (Wildman–Crippen MR) is 242 cm³/mol. The molecule has 0 amide bonds. The minimum atomic E-state index is 0.901. The fourth-order valence-electron chi connectivity index (χ4n) is 8.44. The zero-order valence-corrected chi connectivity index (χ0v) is 32.3. The van der Waals surface area contributed by atoms with Crippen LogP contribution in [0.2, 0.25) is 0 Å². The van der Waals surface area contributed by atoms with Gasteiger partial charge in [0.2, 0.25) is 0 Å². The molecule has 56 heavy (non-hydrogen) atoms. The number of fused-ring (bicyclic) bond motifs is 6. The van der Waals surface area contributed by atoms with Crippen LogP contribution in [0.15, 0.2) is 217 Å². The molecule has 0 atom stereocenters. The number of benzene rings is 5. The van der Waals surface area contributed by atoms with Gasteiger partial charge >= 0.3 is 0 Å². The summed E-state index contributed by atoms with van der Waals surface area (Å²) in [6.07, 6.45) is 24.5. The monoisotopic (exact) mass is 722 g/mol. The van der Waals surface area contributed by atoms with Crippen LogP contribution in [0.1, 0.15) is 39.5 Å². The molecule has 0 radical (unpaired) electrons. The first-order valence-electron chi connectivity index (χ1n) is 19.7. The average molecular weight is 723 g/mol. The van der Waals surface area contributed by atoms with Gasteiger partial charge < -0.3 is 9.13 Å². The third kappa shape index (κ3) is 6.48. The number of hydrogen-bond donors (Lipinski definition) is 0. The third-order valence-electron chi connectivity index (χ3n) is 11.6. The zero-order chi connectivity index (χ0) is 38.2. The molecule has 0 saturated heterocycles. The lowest BCUT2D eigenvalue weighted by Crippen LogP contribution is -1.99. The van der Waals surface area contributed by atoms with Gasteiger partial charge in [-0.25, -0.2) is 0 Å². The summed E-state index contributed by atoms with van der Waals surface area (Å²) in [5.41, 5.74) is 17.0. The average Bonchev–Trinajstić information content (AvgIpc) is 3.77. The summed E-state index contributed by atoms with van der Waals surface area (Å²) in [5.74, 6) is 0. The molecule has 2 heterocycles. The van der Waals surface area contributed by atoms with Gasteiger partial charge in [0.25, 0.3) is 0 Å². The Hall–Kier alpha value is -6.64. The van der Waals surface area contributed by atoms with Gasteiger partial charge in [-0.15, -0.1) is 0 Å². The van der Waals surface area contributed by atoms with Gasteiger partial charge in [-0.05, 0) is 139 Å². The van der Waals surface area contributed by atoms with E-state index in [0.717, 1.165) is 53.6 Å². The molecule has 0 unspecified atom stereocenters. The molecule has 2 heteroatoms. The van der Waals surface area contributed by atoms with Crippen molar-refractivity contribution in [2.45, 2.75) is 39.5 Å².